The molecule has 2 amide bonds. The number of ether oxygens (including phenoxy) is 2. The van der Waals surface area contributed by atoms with Gasteiger partial charge in [-0.1, -0.05) is 30.3 Å². The molecule has 7 nitrogen and oxygen atoms in total. The number of carbonyl (C=O) groups is 3. The molecule has 5 rings (SSSR count). The molecule has 0 aromatic heterocycles. The Labute approximate surface area is 209 Å². The predicted octanol–water partition coefficient (Wildman–Crippen LogP) is 4.96. The van der Waals surface area contributed by atoms with E-state index in [9.17, 15) is 14.4 Å². The van der Waals surface area contributed by atoms with E-state index >= 15 is 0 Å². The minimum Gasteiger partial charge on any atom is -0.497 e. The van der Waals surface area contributed by atoms with Gasteiger partial charge in [0.15, 0.2) is 5.78 Å². The van der Waals surface area contributed by atoms with Crippen LogP contribution in [0, 0.1) is 5.92 Å². The monoisotopic (exact) mass is 482 g/mol. The number of Topliss-reactive ketones (excluding diaryl/α,β-unsaturated/α-hetero) is 1. The Morgan fingerprint density at radius 1 is 0.833 bits per heavy atom. The van der Waals surface area contributed by atoms with E-state index in [0.29, 0.717) is 34.9 Å². The van der Waals surface area contributed by atoms with Crippen molar-refractivity contribution in [1.29, 1.82) is 0 Å². The van der Waals surface area contributed by atoms with Crippen molar-refractivity contribution in [3.8, 4) is 17.2 Å². The molecule has 182 valence electrons. The fraction of sp³-hybridized carbons (Fsp3) is 0.207. The number of amides is 2. The second kappa shape index (κ2) is 10.1. The average molecular weight is 483 g/mol. The quantitative estimate of drug-likeness (QED) is 0.518. The second-order valence-corrected chi connectivity index (χ2v) is 8.93. The van der Waals surface area contributed by atoms with E-state index in [1.165, 1.54) is 0 Å². The van der Waals surface area contributed by atoms with Gasteiger partial charge in [0.05, 0.1) is 13.0 Å². The minimum absolute atomic E-state index is 0.0567. The number of rotatable bonds is 6. The summed E-state index contributed by atoms with van der Waals surface area (Å²) < 4.78 is 11.0. The first-order chi connectivity index (χ1) is 17.5. The van der Waals surface area contributed by atoms with Crippen molar-refractivity contribution < 1.29 is 23.9 Å². The molecule has 7 heteroatoms. The van der Waals surface area contributed by atoms with Crippen molar-refractivity contribution in [1.82, 2.24) is 5.32 Å². The van der Waals surface area contributed by atoms with E-state index in [0.717, 1.165) is 11.3 Å². The van der Waals surface area contributed by atoms with Crippen molar-refractivity contribution in [3.63, 3.8) is 0 Å². The summed E-state index contributed by atoms with van der Waals surface area (Å²) in [5.74, 6) is 0.458. The molecular weight excluding hydrogens is 456 g/mol. The Morgan fingerprint density at radius 2 is 1.50 bits per heavy atom. The van der Waals surface area contributed by atoms with Gasteiger partial charge in [0.25, 0.3) is 0 Å². The van der Waals surface area contributed by atoms with Crippen molar-refractivity contribution >= 4 is 23.3 Å². The van der Waals surface area contributed by atoms with Crippen LogP contribution in [0.5, 0.6) is 17.2 Å². The Balaban J connectivity index is 1.30. The molecule has 1 aliphatic heterocycles. The van der Waals surface area contributed by atoms with Gasteiger partial charge in [-0.3, -0.25) is 14.4 Å². The normalized spacial score (nSPS) is 19.2. The first kappa shape index (κ1) is 23.4. The van der Waals surface area contributed by atoms with Crippen molar-refractivity contribution in [3.05, 3.63) is 95.7 Å². The number of hydrogen-bond donors (Lipinski definition) is 2. The molecule has 0 saturated heterocycles. The highest BCUT2D eigenvalue weighted by Crippen LogP contribution is 2.39. The highest BCUT2D eigenvalue weighted by Gasteiger charge is 2.40. The first-order valence-electron chi connectivity index (χ1n) is 11.8. The average Bonchev–Trinajstić information content (AvgIpc) is 2.89. The van der Waals surface area contributed by atoms with E-state index in [1.54, 1.807) is 31.4 Å². The summed E-state index contributed by atoms with van der Waals surface area (Å²) in [4.78, 5) is 38.9. The molecular formula is C29H26N2O5. The molecule has 36 heavy (non-hydrogen) atoms. The lowest BCUT2D eigenvalue weighted by molar-refractivity contribution is -0.129. The molecule has 0 bridgehead atoms. The summed E-state index contributed by atoms with van der Waals surface area (Å²) >= 11 is 0. The van der Waals surface area contributed by atoms with E-state index in [2.05, 4.69) is 10.6 Å². The third-order valence-electron chi connectivity index (χ3n) is 6.54. The molecule has 2 atom stereocenters. The van der Waals surface area contributed by atoms with Crippen LogP contribution in [-0.4, -0.2) is 24.7 Å². The number of allylic oxidation sites excluding steroid dienone is 1. The zero-order valence-electron chi connectivity index (χ0n) is 19.8. The highest BCUT2D eigenvalue weighted by molar-refractivity contribution is 6.09. The number of carbonyl (C=O) groups excluding carboxylic acids is 3. The molecule has 1 aliphatic carbocycles. The molecule has 2 aliphatic rings. The first-order valence-corrected chi connectivity index (χ1v) is 11.8. The van der Waals surface area contributed by atoms with Crippen LogP contribution in [0.4, 0.5) is 5.69 Å². The van der Waals surface area contributed by atoms with Crippen LogP contribution in [-0.2, 0) is 14.4 Å². The van der Waals surface area contributed by atoms with Gasteiger partial charge >= 0.3 is 0 Å². The van der Waals surface area contributed by atoms with E-state index in [1.807, 2.05) is 54.6 Å². The fourth-order valence-electron chi connectivity index (χ4n) is 4.76. The van der Waals surface area contributed by atoms with Crippen LogP contribution in [0.3, 0.4) is 0 Å². The third-order valence-corrected chi connectivity index (χ3v) is 6.54. The Kier molecular flexibility index (Phi) is 6.54. The minimum atomic E-state index is -0.821. The fourth-order valence-corrected chi connectivity index (χ4v) is 4.76. The van der Waals surface area contributed by atoms with Gasteiger partial charge in [0.1, 0.15) is 17.2 Å². The molecule has 0 unspecified atom stereocenters. The predicted molar refractivity (Wildman–Crippen MR) is 135 cm³/mol. The van der Waals surface area contributed by atoms with Crippen LogP contribution in [0.25, 0.3) is 0 Å². The number of benzene rings is 3. The van der Waals surface area contributed by atoms with Crippen LogP contribution in [0.2, 0.25) is 0 Å². The Bertz CT molecular complexity index is 1310. The molecule has 3 aromatic rings. The molecule has 0 saturated carbocycles. The maximum absolute atomic E-state index is 13.2. The zero-order valence-corrected chi connectivity index (χ0v) is 19.8. The Morgan fingerprint density at radius 3 is 2.19 bits per heavy atom. The standard InChI is InChI=1S/C29H26N2O5/c1-35-21-11-7-18(8-12-21)19-15-25-28(26(32)16-19)24(17-27(33)31-25)29(34)30-20-9-13-23(14-10-20)36-22-5-3-2-4-6-22/h2-14,19,24H,15-17H2,1H3,(H,30,34)(H,31,33)/t19-,24-/m1/s1. The van der Waals surface area contributed by atoms with Gasteiger partial charge in [-0.2, -0.15) is 0 Å². The maximum atomic E-state index is 13.2. The number of anilines is 1. The van der Waals surface area contributed by atoms with Crippen molar-refractivity contribution in [2.24, 2.45) is 5.92 Å². The van der Waals surface area contributed by atoms with Crippen LogP contribution in [0.15, 0.2) is 90.1 Å². The lowest BCUT2D eigenvalue weighted by Gasteiger charge is -2.33. The number of ketones is 1. The lowest BCUT2D eigenvalue weighted by Crippen LogP contribution is -2.43. The SMILES string of the molecule is COc1ccc([C@H]2CC(=O)C3=C(C2)NC(=O)C[C@H]3C(=O)Nc2ccc(Oc3ccccc3)cc2)cc1. The van der Waals surface area contributed by atoms with E-state index < -0.39 is 5.92 Å². The molecule has 3 aromatic carbocycles. The smallest absolute Gasteiger partial charge is 0.232 e. The molecule has 0 fully saturated rings. The number of methoxy groups -OCH3 is 1. The number of nitrogens with one attached hydrogen (secondary N) is 2. The van der Waals surface area contributed by atoms with E-state index in [-0.39, 0.29) is 36.4 Å². The topological polar surface area (TPSA) is 93.7 Å². The zero-order chi connectivity index (χ0) is 25.1. The molecule has 2 N–H and O–H groups in total. The summed E-state index contributed by atoms with van der Waals surface area (Å²) in [5, 5.41) is 5.71. The van der Waals surface area contributed by atoms with Gasteiger partial charge in [-0.25, -0.2) is 0 Å². The molecule has 1 heterocycles. The Hall–Kier alpha value is -4.39. The number of para-hydroxylation sites is 1. The van der Waals surface area contributed by atoms with Gasteiger partial charge < -0.3 is 20.1 Å². The largest absolute Gasteiger partial charge is 0.497 e. The summed E-state index contributed by atoms with van der Waals surface area (Å²) in [6.07, 6.45) is 0.726. The molecule has 0 spiro atoms. The summed E-state index contributed by atoms with van der Waals surface area (Å²) in [6.45, 7) is 0. The summed E-state index contributed by atoms with van der Waals surface area (Å²) in [5.41, 5.74) is 2.53. The van der Waals surface area contributed by atoms with Crippen molar-refractivity contribution in [2.75, 3.05) is 12.4 Å². The van der Waals surface area contributed by atoms with Crippen LogP contribution in [0.1, 0.15) is 30.7 Å². The highest BCUT2D eigenvalue weighted by atomic mass is 16.5. The lowest BCUT2D eigenvalue weighted by atomic mass is 9.75. The second-order valence-electron chi connectivity index (χ2n) is 8.93. The van der Waals surface area contributed by atoms with Crippen molar-refractivity contribution in [2.45, 2.75) is 25.2 Å². The third kappa shape index (κ3) is 5.00. The maximum Gasteiger partial charge on any atom is 0.232 e. The van der Waals surface area contributed by atoms with Gasteiger partial charge in [0.2, 0.25) is 11.8 Å². The van der Waals surface area contributed by atoms with Gasteiger partial charge in [-0.15, -0.1) is 0 Å². The van der Waals surface area contributed by atoms with Crippen LogP contribution >= 0.6 is 0 Å². The van der Waals surface area contributed by atoms with Crippen LogP contribution < -0.4 is 20.1 Å². The summed E-state index contributed by atoms with van der Waals surface area (Å²) in [7, 11) is 1.60. The summed E-state index contributed by atoms with van der Waals surface area (Å²) in [6, 6.07) is 24.0. The van der Waals surface area contributed by atoms with Gasteiger partial charge in [-0.05, 0) is 66.4 Å². The molecule has 0 radical (unpaired) electrons. The number of hydrogen-bond acceptors (Lipinski definition) is 5. The van der Waals surface area contributed by atoms with Gasteiger partial charge in [0, 0.05) is 29.8 Å². The van der Waals surface area contributed by atoms with E-state index in [4.69, 9.17) is 9.47 Å².